The Hall–Kier alpha value is -1.98. The van der Waals surface area contributed by atoms with Crippen LogP contribution in [-0.4, -0.2) is 34.5 Å². The van der Waals surface area contributed by atoms with Gasteiger partial charge in [0.05, 0.1) is 17.4 Å². The van der Waals surface area contributed by atoms with Crippen molar-refractivity contribution in [3.63, 3.8) is 0 Å². The molecule has 2 rings (SSSR count). The number of aromatic nitrogens is 2. The summed E-state index contributed by atoms with van der Waals surface area (Å²) in [6, 6.07) is 2.15. The van der Waals surface area contributed by atoms with Gasteiger partial charge in [-0.15, -0.1) is 0 Å². The molecule has 0 aliphatic rings. The second kappa shape index (κ2) is 4.72. The molecule has 0 aliphatic heterocycles. The maximum atomic E-state index is 13.1. The van der Waals surface area contributed by atoms with Crippen LogP contribution in [0.4, 0.5) is 8.78 Å². The minimum atomic E-state index is -0.919. The zero-order valence-corrected chi connectivity index (χ0v) is 10.2. The van der Waals surface area contributed by atoms with Crippen molar-refractivity contribution in [1.82, 2.24) is 14.5 Å². The van der Waals surface area contributed by atoms with Crippen LogP contribution in [-0.2, 0) is 11.3 Å². The monoisotopic (exact) mass is 253 g/mol. The molecule has 1 aromatic carbocycles. The van der Waals surface area contributed by atoms with Gasteiger partial charge in [-0.3, -0.25) is 4.79 Å². The second-order valence-electron chi connectivity index (χ2n) is 4.23. The predicted molar refractivity (Wildman–Crippen MR) is 63.0 cm³/mol. The SMILES string of the molecule is CN(C)C(=O)CCn1cnc2cc(F)c(F)cc21. The van der Waals surface area contributed by atoms with E-state index in [9.17, 15) is 13.6 Å². The third kappa shape index (κ3) is 2.32. The molecular formula is C12H13F2N3O. The Kier molecular flexibility index (Phi) is 3.27. The highest BCUT2D eigenvalue weighted by Crippen LogP contribution is 2.17. The number of fused-ring (bicyclic) bond motifs is 1. The number of rotatable bonds is 3. The van der Waals surface area contributed by atoms with Gasteiger partial charge in [0.25, 0.3) is 0 Å². The minimum Gasteiger partial charge on any atom is -0.349 e. The third-order valence-electron chi connectivity index (χ3n) is 2.73. The standard InChI is InChI=1S/C12H13F2N3O/c1-16(2)12(18)3-4-17-7-15-10-5-8(13)9(14)6-11(10)17/h5-7H,3-4H2,1-2H3. The maximum absolute atomic E-state index is 13.1. The highest BCUT2D eigenvalue weighted by atomic mass is 19.2. The fraction of sp³-hybridized carbons (Fsp3) is 0.333. The summed E-state index contributed by atoms with van der Waals surface area (Å²) in [6.07, 6.45) is 1.77. The molecular weight excluding hydrogens is 240 g/mol. The molecule has 0 aliphatic carbocycles. The molecule has 0 N–H and O–H groups in total. The minimum absolute atomic E-state index is 0.0283. The normalized spacial score (nSPS) is 10.9. The lowest BCUT2D eigenvalue weighted by Gasteiger charge is -2.10. The van der Waals surface area contributed by atoms with Crippen LogP contribution < -0.4 is 0 Å². The highest BCUT2D eigenvalue weighted by molar-refractivity contribution is 5.77. The van der Waals surface area contributed by atoms with Crippen molar-refractivity contribution in [2.24, 2.45) is 0 Å². The number of aryl methyl sites for hydroxylation is 1. The summed E-state index contributed by atoms with van der Waals surface area (Å²) < 4.78 is 27.8. The number of hydrogen-bond donors (Lipinski definition) is 0. The topological polar surface area (TPSA) is 38.1 Å². The van der Waals surface area contributed by atoms with Gasteiger partial charge in [-0.1, -0.05) is 0 Å². The molecule has 2 aromatic rings. The molecule has 1 amide bonds. The summed E-state index contributed by atoms with van der Waals surface area (Å²) in [7, 11) is 3.34. The Balaban J connectivity index is 2.24. The van der Waals surface area contributed by atoms with E-state index in [1.807, 2.05) is 0 Å². The van der Waals surface area contributed by atoms with Gasteiger partial charge in [-0.25, -0.2) is 13.8 Å². The number of carbonyl (C=O) groups excluding carboxylic acids is 1. The van der Waals surface area contributed by atoms with Crippen LogP contribution in [0.3, 0.4) is 0 Å². The van der Waals surface area contributed by atoms with Crippen molar-refractivity contribution < 1.29 is 13.6 Å². The zero-order chi connectivity index (χ0) is 13.3. The predicted octanol–water partition coefficient (Wildman–Crippen LogP) is 1.79. The van der Waals surface area contributed by atoms with Crippen LogP contribution in [0.25, 0.3) is 11.0 Å². The summed E-state index contributed by atoms with van der Waals surface area (Å²) in [4.78, 5) is 16.9. The van der Waals surface area contributed by atoms with Gasteiger partial charge in [-0.2, -0.15) is 0 Å². The molecule has 96 valence electrons. The van der Waals surface area contributed by atoms with Gasteiger partial charge in [0.2, 0.25) is 5.91 Å². The van der Waals surface area contributed by atoms with Crippen molar-refractivity contribution in [2.45, 2.75) is 13.0 Å². The molecule has 6 heteroatoms. The van der Waals surface area contributed by atoms with Crippen molar-refractivity contribution in [2.75, 3.05) is 14.1 Å². The van der Waals surface area contributed by atoms with Crippen molar-refractivity contribution in [3.8, 4) is 0 Å². The molecule has 1 aromatic heterocycles. The summed E-state index contributed by atoms with van der Waals surface area (Å²) in [5.41, 5.74) is 0.867. The first-order chi connectivity index (χ1) is 8.49. The van der Waals surface area contributed by atoms with Crippen molar-refractivity contribution >= 4 is 16.9 Å². The fourth-order valence-corrected chi connectivity index (χ4v) is 1.67. The van der Waals surface area contributed by atoms with E-state index in [1.54, 1.807) is 18.7 Å². The number of hydrogen-bond acceptors (Lipinski definition) is 2. The lowest BCUT2D eigenvalue weighted by atomic mass is 10.3. The number of nitrogens with zero attached hydrogens (tertiary/aromatic N) is 3. The first kappa shape index (κ1) is 12.5. The highest BCUT2D eigenvalue weighted by Gasteiger charge is 2.10. The number of carbonyl (C=O) groups is 1. The second-order valence-corrected chi connectivity index (χ2v) is 4.23. The van der Waals surface area contributed by atoms with Crippen LogP contribution in [0.5, 0.6) is 0 Å². The quantitative estimate of drug-likeness (QED) is 0.836. The molecule has 0 unspecified atom stereocenters. The molecule has 1 heterocycles. The first-order valence-corrected chi connectivity index (χ1v) is 5.49. The average Bonchev–Trinajstić information content (AvgIpc) is 2.69. The van der Waals surface area contributed by atoms with Crippen LogP contribution in [0, 0.1) is 11.6 Å². The molecule has 0 bridgehead atoms. The Morgan fingerprint density at radius 2 is 2.00 bits per heavy atom. The van der Waals surface area contributed by atoms with Crippen molar-refractivity contribution in [3.05, 3.63) is 30.1 Å². The molecule has 0 saturated heterocycles. The average molecular weight is 253 g/mol. The lowest BCUT2D eigenvalue weighted by Crippen LogP contribution is -2.22. The van der Waals surface area contributed by atoms with Gasteiger partial charge in [0.1, 0.15) is 0 Å². The van der Waals surface area contributed by atoms with E-state index in [1.165, 1.54) is 11.2 Å². The Morgan fingerprint density at radius 3 is 2.67 bits per heavy atom. The van der Waals surface area contributed by atoms with Gasteiger partial charge < -0.3 is 9.47 Å². The van der Waals surface area contributed by atoms with Crippen molar-refractivity contribution in [1.29, 1.82) is 0 Å². The zero-order valence-electron chi connectivity index (χ0n) is 10.2. The van der Waals surface area contributed by atoms with E-state index in [0.29, 0.717) is 17.6 Å². The number of imidazole rings is 1. The Morgan fingerprint density at radius 1 is 1.33 bits per heavy atom. The number of benzene rings is 1. The Bertz CT molecular complexity index is 592. The smallest absolute Gasteiger partial charge is 0.223 e. The lowest BCUT2D eigenvalue weighted by molar-refractivity contribution is -0.128. The number of amides is 1. The van der Waals surface area contributed by atoms with Crippen LogP contribution in [0.15, 0.2) is 18.5 Å². The fourth-order valence-electron chi connectivity index (χ4n) is 1.67. The Labute approximate surface area is 103 Å². The van der Waals surface area contributed by atoms with E-state index in [2.05, 4.69) is 4.98 Å². The van der Waals surface area contributed by atoms with Gasteiger partial charge >= 0.3 is 0 Å². The van der Waals surface area contributed by atoms with E-state index >= 15 is 0 Å². The summed E-state index contributed by atoms with van der Waals surface area (Å²) >= 11 is 0. The van der Waals surface area contributed by atoms with Gasteiger partial charge in [-0.05, 0) is 0 Å². The molecule has 0 saturated carbocycles. The van der Waals surface area contributed by atoms with Crippen LogP contribution in [0.1, 0.15) is 6.42 Å². The third-order valence-corrected chi connectivity index (χ3v) is 2.73. The molecule has 0 fully saturated rings. The van der Waals surface area contributed by atoms with E-state index in [4.69, 9.17) is 0 Å². The molecule has 0 atom stereocenters. The van der Waals surface area contributed by atoms with E-state index < -0.39 is 11.6 Å². The number of halogens is 2. The summed E-state index contributed by atoms with van der Waals surface area (Å²) in [6.45, 7) is 0.387. The first-order valence-electron chi connectivity index (χ1n) is 5.49. The summed E-state index contributed by atoms with van der Waals surface area (Å²) in [5, 5.41) is 0. The molecule has 0 radical (unpaired) electrons. The van der Waals surface area contributed by atoms with Gasteiger partial charge in [0, 0.05) is 39.2 Å². The van der Waals surface area contributed by atoms with Crippen LogP contribution in [0.2, 0.25) is 0 Å². The molecule has 0 spiro atoms. The van der Waals surface area contributed by atoms with Gasteiger partial charge in [0.15, 0.2) is 11.6 Å². The maximum Gasteiger partial charge on any atom is 0.223 e. The largest absolute Gasteiger partial charge is 0.349 e. The van der Waals surface area contributed by atoms with E-state index in [0.717, 1.165) is 12.1 Å². The molecule has 18 heavy (non-hydrogen) atoms. The van der Waals surface area contributed by atoms with E-state index in [-0.39, 0.29) is 12.3 Å². The summed E-state index contributed by atoms with van der Waals surface area (Å²) in [5.74, 6) is -1.86. The molecule has 4 nitrogen and oxygen atoms in total. The van der Waals surface area contributed by atoms with Crippen LogP contribution >= 0.6 is 0 Å².